The number of fused-ring (bicyclic) bond motifs is 1. The third kappa shape index (κ3) is 5.57. The van der Waals surface area contributed by atoms with Gasteiger partial charge >= 0.3 is 0 Å². The Labute approximate surface area is 172 Å². The van der Waals surface area contributed by atoms with Crippen LogP contribution in [0.2, 0.25) is 0 Å². The minimum absolute atomic E-state index is 0.0641. The van der Waals surface area contributed by atoms with Crippen molar-refractivity contribution >= 4 is 22.6 Å². The minimum atomic E-state index is -0.0641. The van der Waals surface area contributed by atoms with Crippen molar-refractivity contribution in [3.8, 4) is 0 Å². The fourth-order valence-electron chi connectivity index (χ4n) is 3.38. The van der Waals surface area contributed by atoms with Gasteiger partial charge in [-0.1, -0.05) is 54.6 Å². The Balaban J connectivity index is 1.48. The second kappa shape index (κ2) is 10.3. The number of nitrogens with zero attached hydrogens (tertiary/aromatic N) is 1. The molecule has 0 bridgehead atoms. The molecule has 3 aromatic carbocycles. The number of nitrogens with one attached hydrogen (secondary N) is 3. The van der Waals surface area contributed by atoms with Crippen molar-refractivity contribution < 1.29 is 4.79 Å². The first-order chi connectivity index (χ1) is 14.2. The van der Waals surface area contributed by atoms with Gasteiger partial charge in [0.2, 0.25) is 0 Å². The Morgan fingerprint density at radius 2 is 1.62 bits per heavy atom. The van der Waals surface area contributed by atoms with E-state index in [-0.39, 0.29) is 5.91 Å². The molecular formula is C24H28N4O. The van der Waals surface area contributed by atoms with Gasteiger partial charge in [0.05, 0.1) is 0 Å². The summed E-state index contributed by atoms with van der Waals surface area (Å²) in [5.74, 6) is 0.721. The first-order valence-electron chi connectivity index (χ1n) is 9.93. The summed E-state index contributed by atoms with van der Waals surface area (Å²) in [7, 11) is 3.42. The molecule has 0 aliphatic carbocycles. The lowest BCUT2D eigenvalue weighted by atomic mass is 10.0. The average Bonchev–Trinajstić information content (AvgIpc) is 2.77. The van der Waals surface area contributed by atoms with Crippen LogP contribution in [0, 0.1) is 0 Å². The van der Waals surface area contributed by atoms with Crippen molar-refractivity contribution in [3.05, 3.63) is 83.4 Å². The van der Waals surface area contributed by atoms with E-state index in [1.807, 2.05) is 24.3 Å². The quantitative estimate of drug-likeness (QED) is 0.430. The van der Waals surface area contributed by atoms with Crippen LogP contribution in [0.4, 0.5) is 0 Å². The highest BCUT2D eigenvalue weighted by Crippen LogP contribution is 2.18. The molecule has 0 aliphatic rings. The Morgan fingerprint density at radius 1 is 0.897 bits per heavy atom. The van der Waals surface area contributed by atoms with Gasteiger partial charge in [-0.05, 0) is 46.9 Å². The lowest BCUT2D eigenvalue weighted by Gasteiger charge is -2.13. The highest BCUT2D eigenvalue weighted by atomic mass is 16.1. The number of aliphatic imine (C=N–C) groups is 1. The molecule has 150 valence electrons. The molecule has 0 radical (unpaired) electrons. The van der Waals surface area contributed by atoms with E-state index in [1.165, 1.54) is 16.3 Å². The molecule has 0 saturated heterocycles. The van der Waals surface area contributed by atoms with E-state index in [0.717, 1.165) is 37.5 Å². The van der Waals surface area contributed by atoms with Crippen molar-refractivity contribution in [3.63, 3.8) is 0 Å². The maximum absolute atomic E-state index is 11.8. The van der Waals surface area contributed by atoms with Crippen LogP contribution in [0.5, 0.6) is 0 Å². The van der Waals surface area contributed by atoms with Crippen LogP contribution in [0.15, 0.2) is 71.7 Å². The largest absolute Gasteiger partial charge is 0.356 e. The van der Waals surface area contributed by atoms with Gasteiger partial charge in [0.15, 0.2) is 5.96 Å². The Kier molecular flexibility index (Phi) is 7.22. The van der Waals surface area contributed by atoms with Crippen LogP contribution in [-0.2, 0) is 12.8 Å². The summed E-state index contributed by atoms with van der Waals surface area (Å²) in [6.45, 7) is 1.55. The van der Waals surface area contributed by atoms with Crippen LogP contribution in [0.1, 0.15) is 21.5 Å². The molecular weight excluding hydrogens is 360 g/mol. The number of guanidine groups is 1. The predicted octanol–water partition coefficient (Wildman–Crippen LogP) is 3.15. The topological polar surface area (TPSA) is 65.5 Å². The monoisotopic (exact) mass is 388 g/mol. The van der Waals surface area contributed by atoms with Crippen molar-refractivity contribution in [2.45, 2.75) is 12.8 Å². The molecule has 29 heavy (non-hydrogen) atoms. The zero-order valence-corrected chi connectivity index (χ0v) is 17.0. The third-order valence-corrected chi connectivity index (χ3v) is 4.91. The van der Waals surface area contributed by atoms with Crippen molar-refractivity contribution in [1.82, 2.24) is 16.0 Å². The number of hydrogen-bond acceptors (Lipinski definition) is 2. The number of carbonyl (C=O) groups excluding carboxylic acids is 1. The van der Waals surface area contributed by atoms with Crippen LogP contribution in [0.3, 0.4) is 0 Å². The number of hydrogen-bond donors (Lipinski definition) is 3. The zero-order valence-electron chi connectivity index (χ0n) is 17.0. The third-order valence-electron chi connectivity index (χ3n) is 4.91. The summed E-state index contributed by atoms with van der Waals surface area (Å²) in [6, 6.07) is 22.6. The molecule has 3 N–H and O–H groups in total. The summed E-state index contributed by atoms with van der Waals surface area (Å²) in [4.78, 5) is 16.1. The summed E-state index contributed by atoms with van der Waals surface area (Å²) in [6.07, 6.45) is 1.74. The van der Waals surface area contributed by atoms with Gasteiger partial charge in [0.1, 0.15) is 0 Å². The van der Waals surface area contributed by atoms with Gasteiger partial charge in [0, 0.05) is 32.7 Å². The second-order valence-corrected chi connectivity index (χ2v) is 6.84. The molecule has 0 atom stereocenters. The number of amides is 1. The van der Waals surface area contributed by atoms with E-state index in [1.54, 1.807) is 14.1 Å². The first kappa shape index (κ1) is 20.4. The normalized spacial score (nSPS) is 11.3. The van der Waals surface area contributed by atoms with Gasteiger partial charge < -0.3 is 16.0 Å². The molecule has 0 aliphatic heterocycles. The standard InChI is InChI=1S/C24H28N4O/c1-25-23(29)21-11-5-7-18(17-21)13-15-27-24(26-2)28-16-14-20-10-6-9-19-8-3-4-12-22(19)20/h3-12,17H,13-16H2,1-2H3,(H,25,29)(H2,26,27,28). The average molecular weight is 389 g/mol. The van der Waals surface area contributed by atoms with Crippen molar-refractivity contribution in [2.24, 2.45) is 4.99 Å². The van der Waals surface area contributed by atoms with Crippen LogP contribution in [0.25, 0.3) is 10.8 Å². The van der Waals surface area contributed by atoms with Crippen LogP contribution >= 0.6 is 0 Å². The summed E-state index contributed by atoms with van der Waals surface area (Å²) < 4.78 is 0. The van der Waals surface area contributed by atoms with E-state index in [9.17, 15) is 4.79 Å². The summed E-state index contributed by atoms with van der Waals surface area (Å²) in [5, 5.41) is 12.0. The molecule has 5 nitrogen and oxygen atoms in total. The van der Waals surface area contributed by atoms with Gasteiger partial charge in [-0.25, -0.2) is 0 Å². The highest BCUT2D eigenvalue weighted by Gasteiger charge is 2.05. The van der Waals surface area contributed by atoms with Gasteiger partial charge in [-0.2, -0.15) is 0 Å². The van der Waals surface area contributed by atoms with E-state index in [4.69, 9.17) is 0 Å². The van der Waals surface area contributed by atoms with E-state index in [0.29, 0.717) is 5.56 Å². The minimum Gasteiger partial charge on any atom is -0.356 e. The van der Waals surface area contributed by atoms with Crippen molar-refractivity contribution in [1.29, 1.82) is 0 Å². The number of benzene rings is 3. The SMILES string of the molecule is CN=C(NCCc1cccc(C(=O)NC)c1)NCCc1cccc2ccccc12. The van der Waals surface area contributed by atoms with Gasteiger partial charge in [-0.3, -0.25) is 9.79 Å². The number of rotatable bonds is 7. The molecule has 0 heterocycles. The Bertz CT molecular complexity index is 992. The van der Waals surface area contributed by atoms with E-state index in [2.05, 4.69) is 63.4 Å². The fraction of sp³-hybridized carbons (Fsp3) is 0.250. The van der Waals surface area contributed by atoms with E-state index < -0.39 is 0 Å². The van der Waals surface area contributed by atoms with Crippen molar-refractivity contribution in [2.75, 3.05) is 27.2 Å². The highest BCUT2D eigenvalue weighted by molar-refractivity contribution is 5.94. The molecule has 0 unspecified atom stereocenters. The molecule has 0 saturated carbocycles. The molecule has 0 fully saturated rings. The molecule has 0 spiro atoms. The maximum atomic E-state index is 11.8. The number of carbonyl (C=O) groups is 1. The fourth-order valence-corrected chi connectivity index (χ4v) is 3.38. The molecule has 5 heteroatoms. The summed E-state index contributed by atoms with van der Waals surface area (Å²) >= 11 is 0. The molecule has 0 aromatic heterocycles. The van der Waals surface area contributed by atoms with E-state index >= 15 is 0 Å². The smallest absolute Gasteiger partial charge is 0.251 e. The summed E-state index contributed by atoms with van der Waals surface area (Å²) in [5.41, 5.74) is 3.13. The zero-order chi connectivity index (χ0) is 20.5. The lowest BCUT2D eigenvalue weighted by Crippen LogP contribution is -2.39. The Morgan fingerprint density at radius 3 is 2.41 bits per heavy atom. The predicted molar refractivity (Wildman–Crippen MR) is 121 cm³/mol. The first-order valence-corrected chi connectivity index (χ1v) is 9.93. The van der Waals surface area contributed by atoms with Crippen LogP contribution in [-0.4, -0.2) is 39.1 Å². The second-order valence-electron chi connectivity index (χ2n) is 6.84. The lowest BCUT2D eigenvalue weighted by molar-refractivity contribution is 0.0963. The molecule has 3 aromatic rings. The maximum Gasteiger partial charge on any atom is 0.251 e. The van der Waals surface area contributed by atoms with Gasteiger partial charge in [0.25, 0.3) is 5.91 Å². The van der Waals surface area contributed by atoms with Gasteiger partial charge in [-0.15, -0.1) is 0 Å². The molecule has 3 rings (SSSR count). The molecule has 1 amide bonds. The van der Waals surface area contributed by atoms with Crippen LogP contribution < -0.4 is 16.0 Å². The Hall–Kier alpha value is -3.34.